The van der Waals surface area contributed by atoms with Gasteiger partial charge in [0.2, 0.25) is 0 Å². The third-order valence-corrected chi connectivity index (χ3v) is 4.02. The van der Waals surface area contributed by atoms with Gasteiger partial charge in [-0.3, -0.25) is 4.79 Å². The zero-order valence-electron chi connectivity index (χ0n) is 12.2. The smallest absolute Gasteiger partial charge is 0.172 e. The maximum atomic E-state index is 12.5. The summed E-state index contributed by atoms with van der Waals surface area (Å²) in [6, 6.07) is 1.07. The number of methoxy groups -OCH3 is 1. The van der Waals surface area contributed by atoms with Crippen LogP contribution in [0.15, 0.2) is 6.07 Å². The van der Waals surface area contributed by atoms with Crippen molar-refractivity contribution in [1.82, 2.24) is 0 Å². The van der Waals surface area contributed by atoms with Gasteiger partial charge in [0.25, 0.3) is 0 Å². The van der Waals surface area contributed by atoms with Crippen LogP contribution < -0.4 is 4.74 Å². The molecule has 7 heteroatoms. The monoisotopic (exact) mass is 310 g/mol. The Morgan fingerprint density at radius 3 is 2.50 bits per heavy atom. The summed E-state index contributed by atoms with van der Waals surface area (Å²) in [6.07, 6.45) is -1.51. The molecule has 0 bridgehead atoms. The van der Waals surface area contributed by atoms with Crippen LogP contribution in [-0.4, -0.2) is 45.7 Å². The second-order valence-electron chi connectivity index (χ2n) is 5.40. The summed E-state index contributed by atoms with van der Waals surface area (Å²) in [5, 5.41) is 40.1. The molecule has 0 radical (unpaired) electrons. The quantitative estimate of drug-likeness (QED) is 0.598. The highest BCUT2D eigenvalue weighted by atomic mass is 16.5. The molecule has 1 aliphatic carbocycles. The molecule has 3 atom stereocenters. The Labute approximate surface area is 126 Å². The first-order valence-corrected chi connectivity index (χ1v) is 6.78. The third kappa shape index (κ3) is 2.42. The lowest BCUT2D eigenvalue weighted by atomic mass is 9.71. The zero-order valence-corrected chi connectivity index (χ0v) is 12.2. The van der Waals surface area contributed by atoms with Crippen LogP contribution in [0, 0.1) is 11.8 Å². The number of carbonyl (C=O) groups excluding carboxylic acids is 2. The first-order valence-electron chi connectivity index (χ1n) is 6.78. The van der Waals surface area contributed by atoms with E-state index in [1.807, 2.05) is 0 Å². The molecule has 0 spiro atoms. The molecule has 0 saturated carbocycles. The number of phenols is 2. The van der Waals surface area contributed by atoms with Crippen molar-refractivity contribution in [2.75, 3.05) is 13.7 Å². The van der Waals surface area contributed by atoms with Gasteiger partial charge in [-0.2, -0.15) is 0 Å². The summed E-state index contributed by atoms with van der Waals surface area (Å²) in [7, 11) is 1.27. The van der Waals surface area contributed by atoms with Gasteiger partial charge < -0.3 is 30.0 Å². The lowest BCUT2D eigenvalue weighted by molar-refractivity contribution is -0.119. The van der Waals surface area contributed by atoms with Gasteiger partial charge in [0.15, 0.2) is 17.3 Å². The molecular weight excluding hydrogens is 292 g/mol. The molecule has 0 saturated heterocycles. The highest BCUT2D eigenvalue weighted by Gasteiger charge is 2.45. The molecule has 0 unspecified atom stereocenters. The minimum atomic E-state index is -1.38. The average molecular weight is 310 g/mol. The summed E-state index contributed by atoms with van der Waals surface area (Å²) < 4.78 is 4.90. The fourth-order valence-corrected chi connectivity index (χ4v) is 2.97. The predicted molar refractivity (Wildman–Crippen MR) is 75.0 cm³/mol. The molecule has 0 fully saturated rings. The van der Waals surface area contributed by atoms with Crippen LogP contribution in [0.3, 0.4) is 0 Å². The number of fused-ring (bicyclic) bond motifs is 1. The van der Waals surface area contributed by atoms with Gasteiger partial charge in [0.05, 0.1) is 31.3 Å². The number of carbonyl (C=O) groups is 2. The van der Waals surface area contributed by atoms with Crippen molar-refractivity contribution in [1.29, 1.82) is 0 Å². The molecular formula is C15H18O7. The van der Waals surface area contributed by atoms with Crippen molar-refractivity contribution in [2.24, 2.45) is 11.8 Å². The van der Waals surface area contributed by atoms with Crippen LogP contribution >= 0.6 is 0 Å². The van der Waals surface area contributed by atoms with E-state index in [1.165, 1.54) is 14.0 Å². The van der Waals surface area contributed by atoms with E-state index in [9.17, 15) is 30.0 Å². The maximum absolute atomic E-state index is 12.5. The molecule has 1 aliphatic rings. The Bertz CT molecular complexity index is 623. The number of ether oxygens (including phenoxy) is 1. The molecule has 7 nitrogen and oxygen atoms in total. The highest BCUT2D eigenvalue weighted by molar-refractivity contribution is 6.04. The van der Waals surface area contributed by atoms with E-state index in [2.05, 4.69) is 0 Å². The van der Waals surface area contributed by atoms with Crippen LogP contribution in [-0.2, 0) is 4.79 Å². The Hall–Kier alpha value is -2.12. The van der Waals surface area contributed by atoms with Crippen LogP contribution in [0.5, 0.6) is 17.2 Å². The normalized spacial score (nSPS) is 24.0. The molecule has 2 rings (SSSR count). The van der Waals surface area contributed by atoms with E-state index in [0.717, 1.165) is 6.07 Å². The standard InChI is InChI=1S/C15H18O7/c1-6(17)3-7-8(5-16)14(20)11-9(18)4-10(22-2)15(21)12(11)13(7)19/h4,7-8,13,16,18-19,21H,3,5H2,1-2H3/t7-,8+,13-/m0/s1. The Kier molecular flexibility index (Phi) is 4.39. The predicted octanol–water partition coefficient (Wildman–Crippen LogP) is 0.540. The van der Waals surface area contributed by atoms with E-state index in [4.69, 9.17) is 4.74 Å². The van der Waals surface area contributed by atoms with Crippen molar-refractivity contribution in [2.45, 2.75) is 19.4 Å². The average Bonchev–Trinajstić information content (AvgIpc) is 2.46. The van der Waals surface area contributed by atoms with Crippen LogP contribution in [0.25, 0.3) is 0 Å². The number of hydrogen-bond donors (Lipinski definition) is 4. The number of benzene rings is 1. The van der Waals surface area contributed by atoms with E-state index in [1.54, 1.807) is 0 Å². The molecule has 0 aliphatic heterocycles. The van der Waals surface area contributed by atoms with Crippen LogP contribution in [0.4, 0.5) is 0 Å². The number of hydrogen-bond acceptors (Lipinski definition) is 7. The van der Waals surface area contributed by atoms with E-state index in [-0.39, 0.29) is 29.1 Å². The second kappa shape index (κ2) is 5.94. The minimum absolute atomic E-state index is 0.0906. The molecule has 120 valence electrons. The Morgan fingerprint density at radius 1 is 1.36 bits per heavy atom. The first kappa shape index (κ1) is 16.3. The lowest BCUT2D eigenvalue weighted by Crippen LogP contribution is -2.38. The van der Waals surface area contributed by atoms with Gasteiger partial charge in [-0.25, -0.2) is 0 Å². The number of ketones is 2. The summed E-state index contributed by atoms with van der Waals surface area (Å²) in [6.45, 7) is 0.740. The topological polar surface area (TPSA) is 124 Å². The second-order valence-corrected chi connectivity index (χ2v) is 5.40. The number of aromatic hydroxyl groups is 2. The number of rotatable bonds is 4. The molecule has 1 aromatic carbocycles. The lowest BCUT2D eigenvalue weighted by Gasteiger charge is -2.35. The molecule has 0 aromatic heterocycles. The van der Waals surface area contributed by atoms with Gasteiger partial charge in [0.1, 0.15) is 11.5 Å². The minimum Gasteiger partial charge on any atom is -0.507 e. The van der Waals surface area contributed by atoms with Crippen molar-refractivity contribution in [3.8, 4) is 17.2 Å². The largest absolute Gasteiger partial charge is 0.507 e. The SMILES string of the molecule is COc1cc(O)c2c(c1O)[C@@H](O)[C@@H](CC(C)=O)[C@@H](CO)C2=O. The molecule has 0 amide bonds. The maximum Gasteiger partial charge on any atom is 0.172 e. The number of aliphatic hydroxyl groups is 2. The fraction of sp³-hybridized carbons (Fsp3) is 0.467. The van der Waals surface area contributed by atoms with E-state index < -0.39 is 41.8 Å². The third-order valence-electron chi connectivity index (χ3n) is 4.02. The number of phenolic OH excluding ortho intramolecular Hbond substituents is 2. The van der Waals surface area contributed by atoms with Crippen molar-refractivity contribution < 1.29 is 34.8 Å². The van der Waals surface area contributed by atoms with Gasteiger partial charge >= 0.3 is 0 Å². The molecule has 22 heavy (non-hydrogen) atoms. The summed E-state index contributed by atoms with van der Waals surface area (Å²) >= 11 is 0. The van der Waals surface area contributed by atoms with Gasteiger partial charge in [0, 0.05) is 24.0 Å². The van der Waals surface area contributed by atoms with Crippen molar-refractivity contribution in [3.63, 3.8) is 0 Å². The van der Waals surface area contributed by atoms with Crippen LogP contribution in [0.2, 0.25) is 0 Å². The summed E-state index contributed by atoms with van der Waals surface area (Å²) in [5.74, 6) is -3.78. The van der Waals surface area contributed by atoms with Gasteiger partial charge in [-0.15, -0.1) is 0 Å². The van der Waals surface area contributed by atoms with Gasteiger partial charge in [-0.1, -0.05) is 0 Å². The molecule has 4 N–H and O–H groups in total. The van der Waals surface area contributed by atoms with Crippen LogP contribution in [0.1, 0.15) is 35.4 Å². The zero-order chi connectivity index (χ0) is 16.6. The number of aliphatic hydroxyl groups excluding tert-OH is 2. The Balaban J connectivity index is 2.67. The van der Waals surface area contributed by atoms with E-state index >= 15 is 0 Å². The van der Waals surface area contributed by atoms with Crippen molar-refractivity contribution in [3.05, 3.63) is 17.2 Å². The first-order chi connectivity index (χ1) is 10.3. The summed E-state index contributed by atoms with van der Waals surface area (Å²) in [4.78, 5) is 23.8. The van der Waals surface area contributed by atoms with Crippen molar-refractivity contribution >= 4 is 11.6 Å². The fourth-order valence-electron chi connectivity index (χ4n) is 2.97. The molecule has 1 aromatic rings. The summed E-state index contributed by atoms with van der Waals surface area (Å²) in [5.41, 5.74) is -0.414. The Morgan fingerprint density at radius 2 is 2.00 bits per heavy atom. The highest BCUT2D eigenvalue weighted by Crippen LogP contribution is 2.49. The van der Waals surface area contributed by atoms with Gasteiger partial charge in [-0.05, 0) is 6.92 Å². The molecule has 0 heterocycles. The van der Waals surface area contributed by atoms with E-state index in [0.29, 0.717) is 0 Å². The number of Topliss-reactive ketones (excluding diaryl/α,β-unsaturated/α-hetero) is 2.